The number of hydrogen-bond donors (Lipinski definition) is 0. The molecule has 1 heterocycles. The molecule has 11 heavy (non-hydrogen) atoms. The molecule has 0 atom stereocenters. The lowest BCUT2D eigenvalue weighted by molar-refractivity contribution is 0.623. The lowest BCUT2D eigenvalue weighted by atomic mass is 10.3. The second kappa shape index (κ2) is 2.49. The first-order valence-electron chi connectivity index (χ1n) is 2.84. The van der Waals surface area contributed by atoms with Crippen molar-refractivity contribution in [3.05, 3.63) is 22.4 Å². The summed E-state index contributed by atoms with van der Waals surface area (Å²) in [7, 11) is 0. The van der Waals surface area contributed by atoms with E-state index in [0.29, 0.717) is 9.99 Å². The molecule has 0 aliphatic carbocycles. The summed E-state index contributed by atoms with van der Waals surface area (Å²) in [5.74, 6) is -0.301. The molecule has 0 saturated heterocycles. The normalized spacial score (nSPS) is 10.7. The Hall–Kier alpha value is -0.550. The molecular weight excluding hydrogens is 231 g/mol. The standard InChI is InChI=1S/C6H2BrFN2S/c7-3-1-6-5(2-4(3)8)9-10-11-6/h1-2H. The van der Waals surface area contributed by atoms with Crippen LogP contribution in [0.4, 0.5) is 4.39 Å². The van der Waals surface area contributed by atoms with E-state index in [1.54, 1.807) is 6.07 Å². The molecule has 5 heteroatoms. The predicted molar refractivity (Wildman–Crippen MR) is 45.1 cm³/mol. The number of aromatic nitrogens is 2. The Morgan fingerprint density at radius 2 is 2.27 bits per heavy atom. The first kappa shape index (κ1) is 7.12. The summed E-state index contributed by atoms with van der Waals surface area (Å²) in [5, 5.41) is 3.73. The van der Waals surface area contributed by atoms with Crippen LogP contribution in [0.3, 0.4) is 0 Å². The highest BCUT2D eigenvalue weighted by Gasteiger charge is 2.03. The molecule has 2 rings (SSSR count). The first-order chi connectivity index (χ1) is 5.27. The fourth-order valence-corrected chi connectivity index (χ4v) is 1.85. The molecule has 1 aromatic heterocycles. The molecule has 0 saturated carbocycles. The van der Waals surface area contributed by atoms with Crippen molar-refractivity contribution in [1.29, 1.82) is 0 Å². The maximum absolute atomic E-state index is 12.8. The lowest BCUT2D eigenvalue weighted by Gasteiger charge is -1.90. The van der Waals surface area contributed by atoms with Gasteiger partial charge in [0.1, 0.15) is 11.3 Å². The summed E-state index contributed by atoms with van der Waals surface area (Å²) in [6, 6.07) is 3.04. The largest absolute Gasteiger partial charge is 0.206 e. The maximum atomic E-state index is 12.8. The van der Waals surface area contributed by atoms with Gasteiger partial charge in [0.2, 0.25) is 0 Å². The minimum absolute atomic E-state index is 0.301. The highest BCUT2D eigenvalue weighted by molar-refractivity contribution is 9.10. The van der Waals surface area contributed by atoms with Crippen LogP contribution in [-0.4, -0.2) is 9.59 Å². The van der Waals surface area contributed by atoms with Crippen LogP contribution in [0.1, 0.15) is 0 Å². The van der Waals surface area contributed by atoms with Crippen LogP contribution < -0.4 is 0 Å². The lowest BCUT2D eigenvalue weighted by Crippen LogP contribution is -1.76. The number of benzene rings is 1. The van der Waals surface area contributed by atoms with Crippen molar-refractivity contribution in [3.63, 3.8) is 0 Å². The van der Waals surface area contributed by atoms with Gasteiger partial charge in [-0.05, 0) is 33.5 Å². The molecule has 1 aromatic carbocycles. The van der Waals surface area contributed by atoms with Crippen molar-refractivity contribution < 1.29 is 4.39 Å². The van der Waals surface area contributed by atoms with Crippen molar-refractivity contribution in [1.82, 2.24) is 9.59 Å². The molecule has 2 nitrogen and oxygen atoms in total. The summed E-state index contributed by atoms with van der Waals surface area (Å²) in [6.07, 6.45) is 0. The summed E-state index contributed by atoms with van der Waals surface area (Å²) < 4.78 is 17.8. The Bertz CT molecular complexity index is 364. The van der Waals surface area contributed by atoms with Crippen LogP contribution in [0.5, 0.6) is 0 Å². The minimum atomic E-state index is -0.301. The van der Waals surface area contributed by atoms with Gasteiger partial charge in [0.25, 0.3) is 0 Å². The molecule has 0 amide bonds. The van der Waals surface area contributed by atoms with E-state index < -0.39 is 0 Å². The molecule has 0 fully saturated rings. The molecule has 2 aromatic rings. The average Bonchev–Trinajstić information content (AvgIpc) is 2.36. The third kappa shape index (κ3) is 1.14. The van der Waals surface area contributed by atoms with Gasteiger partial charge in [-0.3, -0.25) is 0 Å². The Balaban J connectivity index is 2.86. The molecular formula is C6H2BrFN2S. The number of fused-ring (bicyclic) bond motifs is 1. The zero-order valence-electron chi connectivity index (χ0n) is 5.21. The van der Waals surface area contributed by atoms with Gasteiger partial charge >= 0.3 is 0 Å². The molecule has 56 valence electrons. The van der Waals surface area contributed by atoms with Crippen molar-refractivity contribution in [2.75, 3.05) is 0 Å². The summed E-state index contributed by atoms with van der Waals surface area (Å²) in [4.78, 5) is 0. The topological polar surface area (TPSA) is 25.8 Å². The second-order valence-corrected chi connectivity index (χ2v) is 3.65. The SMILES string of the molecule is Fc1cc2nnsc2cc1Br. The quantitative estimate of drug-likeness (QED) is 0.698. The van der Waals surface area contributed by atoms with E-state index in [9.17, 15) is 4.39 Å². The zero-order valence-corrected chi connectivity index (χ0v) is 7.62. The number of halogens is 2. The molecule has 0 N–H and O–H groups in total. The molecule has 0 bridgehead atoms. The van der Waals surface area contributed by atoms with Crippen LogP contribution in [0.15, 0.2) is 16.6 Å². The fourth-order valence-electron chi connectivity index (χ4n) is 0.778. The van der Waals surface area contributed by atoms with Gasteiger partial charge in [-0.25, -0.2) is 4.39 Å². The van der Waals surface area contributed by atoms with Crippen molar-refractivity contribution in [2.45, 2.75) is 0 Å². The molecule has 0 unspecified atom stereocenters. The minimum Gasteiger partial charge on any atom is -0.206 e. The molecule has 0 radical (unpaired) electrons. The molecule has 0 aliphatic rings. The van der Waals surface area contributed by atoms with Crippen LogP contribution in [0.2, 0.25) is 0 Å². The monoisotopic (exact) mass is 232 g/mol. The number of hydrogen-bond acceptors (Lipinski definition) is 3. The van der Waals surface area contributed by atoms with Crippen LogP contribution >= 0.6 is 27.5 Å². The van der Waals surface area contributed by atoms with Gasteiger partial charge in [0.15, 0.2) is 0 Å². The molecule has 0 aliphatic heterocycles. The Morgan fingerprint density at radius 3 is 3.09 bits per heavy atom. The fraction of sp³-hybridized carbons (Fsp3) is 0. The van der Waals surface area contributed by atoms with E-state index in [1.807, 2.05) is 0 Å². The molecule has 0 spiro atoms. The van der Waals surface area contributed by atoms with E-state index in [0.717, 1.165) is 4.70 Å². The van der Waals surface area contributed by atoms with E-state index in [4.69, 9.17) is 0 Å². The Morgan fingerprint density at radius 1 is 1.45 bits per heavy atom. The highest BCUT2D eigenvalue weighted by atomic mass is 79.9. The average molecular weight is 233 g/mol. The van der Waals surface area contributed by atoms with E-state index >= 15 is 0 Å². The summed E-state index contributed by atoms with van der Waals surface area (Å²) in [6.45, 7) is 0. The summed E-state index contributed by atoms with van der Waals surface area (Å²) >= 11 is 4.33. The third-order valence-electron chi connectivity index (χ3n) is 1.29. The second-order valence-electron chi connectivity index (χ2n) is 2.01. The third-order valence-corrected chi connectivity index (χ3v) is 2.58. The van der Waals surface area contributed by atoms with E-state index in [1.165, 1.54) is 17.6 Å². The van der Waals surface area contributed by atoms with Crippen molar-refractivity contribution in [2.24, 2.45) is 0 Å². The number of rotatable bonds is 0. The zero-order chi connectivity index (χ0) is 7.84. The van der Waals surface area contributed by atoms with Crippen molar-refractivity contribution in [3.8, 4) is 0 Å². The van der Waals surface area contributed by atoms with Crippen LogP contribution in [0.25, 0.3) is 10.2 Å². The highest BCUT2D eigenvalue weighted by Crippen LogP contribution is 2.23. The van der Waals surface area contributed by atoms with Gasteiger partial charge in [-0.1, -0.05) is 4.49 Å². The van der Waals surface area contributed by atoms with Gasteiger partial charge < -0.3 is 0 Å². The van der Waals surface area contributed by atoms with Gasteiger partial charge in [0.05, 0.1) is 9.17 Å². The van der Waals surface area contributed by atoms with Crippen LogP contribution in [-0.2, 0) is 0 Å². The first-order valence-corrected chi connectivity index (χ1v) is 4.41. The van der Waals surface area contributed by atoms with E-state index in [-0.39, 0.29) is 5.82 Å². The Kier molecular flexibility index (Phi) is 1.61. The van der Waals surface area contributed by atoms with Gasteiger partial charge in [-0.2, -0.15) is 0 Å². The maximum Gasteiger partial charge on any atom is 0.139 e. The van der Waals surface area contributed by atoms with Gasteiger partial charge in [0, 0.05) is 6.07 Å². The van der Waals surface area contributed by atoms with E-state index in [2.05, 4.69) is 25.5 Å². The predicted octanol–water partition coefficient (Wildman–Crippen LogP) is 2.59. The van der Waals surface area contributed by atoms with Crippen LogP contribution in [0, 0.1) is 5.82 Å². The van der Waals surface area contributed by atoms with Crippen molar-refractivity contribution >= 4 is 37.7 Å². The number of nitrogens with zero attached hydrogens (tertiary/aromatic N) is 2. The smallest absolute Gasteiger partial charge is 0.139 e. The van der Waals surface area contributed by atoms with Gasteiger partial charge in [-0.15, -0.1) is 5.10 Å². The summed E-state index contributed by atoms with van der Waals surface area (Å²) in [5.41, 5.74) is 0.607. The Labute approximate surface area is 74.3 Å².